The van der Waals surface area contributed by atoms with E-state index in [4.69, 9.17) is 0 Å². The van der Waals surface area contributed by atoms with Crippen molar-refractivity contribution in [1.82, 2.24) is 4.98 Å². The Balaban J connectivity index is 2.16. The summed E-state index contributed by atoms with van der Waals surface area (Å²) in [5.41, 5.74) is 1.17. The lowest BCUT2D eigenvalue weighted by atomic mass is 10.3. The smallest absolute Gasteiger partial charge is 0.128 e. The number of anilines is 1. The van der Waals surface area contributed by atoms with Gasteiger partial charge in [0.1, 0.15) is 12.0 Å². The second kappa shape index (κ2) is 3.32. The standard InChI is InChI=1S/C10H13FN2/c1-8-2-4-12-10(6-8)13-5-3-9(11)7-13/h2,4,6,9H,3,5,7H2,1H3. The SMILES string of the molecule is Cc1ccnc(N2CCC(F)C2)c1. The first-order valence-corrected chi connectivity index (χ1v) is 4.57. The maximum atomic E-state index is 12.9. The van der Waals surface area contributed by atoms with Gasteiger partial charge in [0, 0.05) is 12.7 Å². The number of nitrogens with zero attached hydrogens (tertiary/aromatic N) is 2. The van der Waals surface area contributed by atoms with Crippen LogP contribution in [0, 0.1) is 6.92 Å². The van der Waals surface area contributed by atoms with Crippen LogP contribution in [0.3, 0.4) is 0 Å². The molecule has 0 saturated carbocycles. The highest BCUT2D eigenvalue weighted by molar-refractivity contribution is 5.41. The van der Waals surface area contributed by atoms with Crippen LogP contribution in [0.4, 0.5) is 10.2 Å². The van der Waals surface area contributed by atoms with Crippen LogP contribution in [0.5, 0.6) is 0 Å². The van der Waals surface area contributed by atoms with Gasteiger partial charge in [-0.1, -0.05) is 0 Å². The fourth-order valence-electron chi connectivity index (χ4n) is 1.62. The number of halogens is 1. The Labute approximate surface area is 77.4 Å². The molecule has 1 fully saturated rings. The Hall–Kier alpha value is -1.12. The third-order valence-electron chi connectivity index (χ3n) is 2.36. The predicted molar refractivity (Wildman–Crippen MR) is 50.7 cm³/mol. The van der Waals surface area contributed by atoms with Gasteiger partial charge in [-0.2, -0.15) is 0 Å². The van der Waals surface area contributed by atoms with E-state index < -0.39 is 6.17 Å². The molecule has 13 heavy (non-hydrogen) atoms. The number of rotatable bonds is 1. The van der Waals surface area contributed by atoms with Crippen LogP contribution in [0.15, 0.2) is 18.3 Å². The van der Waals surface area contributed by atoms with Crippen LogP contribution in [0.2, 0.25) is 0 Å². The zero-order valence-corrected chi connectivity index (χ0v) is 7.70. The normalized spacial score (nSPS) is 22.3. The van der Waals surface area contributed by atoms with Crippen LogP contribution in [-0.2, 0) is 0 Å². The number of hydrogen-bond donors (Lipinski definition) is 0. The van der Waals surface area contributed by atoms with E-state index in [-0.39, 0.29) is 0 Å². The van der Waals surface area contributed by atoms with Crippen molar-refractivity contribution in [1.29, 1.82) is 0 Å². The zero-order chi connectivity index (χ0) is 9.26. The Morgan fingerprint density at radius 2 is 2.46 bits per heavy atom. The predicted octanol–water partition coefficient (Wildman–Crippen LogP) is 1.94. The quantitative estimate of drug-likeness (QED) is 0.656. The lowest BCUT2D eigenvalue weighted by Gasteiger charge is -2.16. The van der Waals surface area contributed by atoms with Crippen molar-refractivity contribution in [3.8, 4) is 0 Å². The van der Waals surface area contributed by atoms with Crippen LogP contribution in [0.1, 0.15) is 12.0 Å². The number of pyridine rings is 1. The molecule has 2 heterocycles. The summed E-state index contributed by atoms with van der Waals surface area (Å²) < 4.78 is 12.9. The summed E-state index contributed by atoms with van der Waals surface area (Å²) in [6.45, 7) is 3.31. The monoisotopic (exact) mass is 180 g/mol. The Morgan fingerprint density at radius 3 is 3.08 bits per heavy atom. The molecule has 70 valence electrons. The second-order valence-electron chi connectivity index (χ2n) is 3.52. The van der Waals surface area contributed by atoms with Gasteiger partial charge in [0.05, 0.1) is 6.54 Å². The molecule has 1 unspecified atom stereocenters. The molecule has 2 rings (SSSR count). The molecule has 1 atom stereocenters. The van der Waals surface area contributed by atoms with Crippen LogP contribution >= 0.6 is 0 Å². The van der Waals surface area contributed by atoms with Gasteiger partial charge in [0.2, 0.25) is 0 Å². The van der Waals surface area contributed by atoms with E-state index in [9.17, 15) is 4.39 Å². The van der Waals surface area contributed by atoms with Gasteiger partial charge in [0.25, 0.3) is 0 Å². The van der Waals surface area contributed by atoms with Gasteiger partial charge < -0.3 is 4.90 Å². The Bertz CT molecular complexity index is 301. The van der Waals surface area contributed by atoms with Crippen molar-refractivity contribution in [2.45, 2.75) is 19.5 Å². The molecule has 1 aromatic rings. The van der Waals surface area contributed by atoms with E-state index in [0.717, 1.165) is 12.4 Å². The third kappa shape index (κ3) is 1.79. The molecule has 2 nitrogen and oxygen atoms in total. The molecule has 1 aromatic heterocycles. The van der Waals surface area contributed by atoms with Gasteiger partial charge >= 0.3 is 0 Å². The highest BCUT2D eigenvalue weighted by atomic mass is 19.1. The minimum absolute atomic E-state index is 0.496. The minimum Gasteiger partial charge on any atom is -0.354 e. The van der Waals surface area contributed by atoms with Crippen LogP contribution < -0.4 is 4.90 Å². The topological polar surface area (TPSA) is 16.1 Å². The molecular formula is C10H13FN2. The summed E-state index contributed by atoms with van der Waals surface area (Å²) in [5, 5.41) is 0. The van der Waals surface area contributed by atoms with Gasteiger partial charge in [0.15, 0.2) is 0 Å². The maximum absolute atomic E-state index is 12.9. The summed E-state index contributed by atoms with van der Waals surface area (Å²) >= 11 is 0. The largest absolute Gasteiger partial charge is 0.354 e. The molecular weight excluding hydrogens is 167 g/mol. The van der Waals surface area contributed by atoms with Gasteiger partial charge in [-0.15, -0.1) is 0 Å². The second-order valence-corrected chi connectivity index (χ2v) is 3.52. The van der Waals surface area contributed by atoms with Crippen molar-refractivity contribution < 1.29 is 4.39 Å². The number of aryl methyl sites for hydroxylation is 1. The molecule has 1 saturated heterocycles. The molecule has 0 amide bonds. The molecule has 1 aliphatic rings. The van der Waals surface area contributed by atoms with Crippen molar-refractivity contribution >= 4 is 5.82 Å². The molecule has 0 radical (unpaired) electrons. The van der Waals surface area contributed by atoms with E-state index in [1.807, 2.05) is 24.0 Å². The van der Waals surface area contributed by atoms with Gasteiger partial charge in [-0.05, 0) is 31.0 Å². The number of alkyl halides is 1. The Morgan fingerprint density at radius 1 is 1.62 bits per heavy atom. The lowest BCUT2D eigenvalue weighted by Crippen LogP contribution is -2.20. The first-order valence-electron chi connectivity index (χ1n) is 4.57. The zero-order valence-electron chi connectivity index (χ0n) is 7.70. The molecule has 0 bridgehead atoms. The van der Waals surface area contributed by atoms with Gasteiger partial charge in [-0.3, -0.25) is 0 Å². The molecule has 0 aliphatic carbocycles. The van der Waals surface area contributed by atoms with Crippen molar-refractivity contribution in [2.75, 3.05) is 18.0 Å². The summed E-state index contributed by atoms with van der Waals surface area (Å²) in [7, 11) is 0. The number of hydrogen-bond acceptors (Lipinski definition) is 2. The van der Waals surface area contributed by atoms with E-state index in [0.29, 0.717) is 13.0 Å². The van der Waals surface area contributed by atoms with Gasteiger partial charge in [-0.25, -0.2) is 9.37 Å². The first kappa shape index (κ1) is 8.48. The van der Waals surface area contributed by atoms with E-state index in [2.05, 4.69) is 4.98 Å². The summed E-state index contributed by atoms with van der Waals surface area (Å²) in [6.07, 6.45) is 1.73. The summed E-state index contributed by atoms with van der Waals surface area (Å²) in [4.78, 5) is 6.21. The summed E-state index contributed by atoms with van der Waals surface area (Å²) in [5.74, 6) is 0.903. The molecule has 1 aliphatic heterocycles. The van der Waals surface area contributed by atoms with Crippen molar-refractivity contribution in [2.24, 2.45) is 0 Å². The van der Waals surface area contributed by atoms with E-state index in [1.165, 1.54) is 5.56 Å². The van der Waals surface area contributed by atoms with Crippen LogP contribution in [0.25, 0.3) is 0 Å². The molecule has 3 heteroatoms. The minimum atomic E-state index is -0.678. The maximum Gasteiger partial charge on any atom is 0.128 e. The fourth-order valence-corrected chi connectivity index (χ4v) is 1.62. The van der Waals surface area contributed by atoms with Crippen molar-refractivity contribution in [3.63, 3.8) is 0 Å². The average molecular weight is 180 g/mol. The fraction of sp³-hybridized carbons (Fsp3) is 0.500. The molecule has 0 N–H and O–H groups in total. The highest BCUT2D eigenvalue weighted by Crippen LogP contribution is 2.19. The Kier molecular flexibility index (Phi) is 2.17. The average Bonchev–Trinajstić information content (AvgIpc) is 2.52. The highest BCUT2D eigenvalue weighted by Gasteiger charge is 2.22. The lowest BCUT2D eigenvalue weighted by molar-refractivity contribution is 0.364. The third-order valence-corrected chi connectivity index (χ3v) is 2.36. The molecule has 0 spiro atoms. The number of aromatic nitrogens is 1. The van der Waals surface area contributed by atoms with E-state index in [1.54, 1.807) is 6.20 Å². The van der Waals surface area contributed by atoms with Crippen molar-refractivity contribution in [3.05, 3.63) is 23.9 Å². The summed E-state index contributed by atoms with van der Waals surface area (Å²) in [6, 6.07) is 3.95. The first-order chi connectivity index (χ1) is 6.25. The molecule has 0 aromatic carbocycles. The van der Waals surface area contributed by atoms with E-state index >= 15 is 0 Å². The van der Waals surface area contributed by atoms with Crippen LogP contribution in [-0.4, -0.2) is 24.2 Å².